The van der Waals surface area contributed by atoms with Crippen molar-refractivity contribution in [1.82, 2.24) is 15.0 Å². The summed E-state index contributed by atoms with van der Waals surface area (Å²) in [5.41, 5.74) is 3.02. The fourth-order valence-electron chi connectivity index (χ4n) is 2.41. The molecule has 0 aliphatic rings. The van der Waals surface area contributed by atoms with Crippen LogP contribution in [0.25, 0.3) is 0 Å². The first-order chi connectivity index (χ1) is 18.2. The second-order valence-electron chi connectivity index (χ2n) is 7.35. The summed E-state index contributed by atoms with van der Waals surface area (Å²) in [4.78, 5) is 13.2. The van der Waals surface area contributed by atoms with Crippen LogP contribution < -0.4 is 59.1 Å². The van der Waals surface area contributed by atoms with E-state index in [0.717, 1.165) is 15.0 Å². The van der Waals surface area contributed by atoms with Crippen molar-refractivity contribution in [3.63, 3.8) is 0 Å². The van der Waals surface area contributed by atoms with Gasteiger partial charge in [-0.15, -0.1) is 56.9 Å². The number of hydrogen-bond acceptors (Lipinski definition) is 17. The van der Waals surface area contributed by atoms with Gasteiger partial charge in [0.15, 0.2) is 0 Å². The smallest absolute Gasteiger partial charge is 0.870 e. The van der Waals surface area contributed by atoms with Crippen molar-refractivity contribution in [3.8, 4) is 0 Å². The quantitative estimate of drug-likeness (QED) is 0.109. The molecule has 2 N–H and O–H groups in total. The molecule has 0 spiro atoms. The number of thiazole rings is 3. The molecule has 0 atom stereocenters. The second-order valence-corrected chi connectivity index (χ2v) is 16.5. The van der Waals surface area contributed by atoms with E-state index in [0.29, 0.717) is 23.0 Å². The van der Waals surface area contributed by atoms with Gasteiger partial charge < -0.3 is 27.8 Å². The average molecular weight is 791 g/mol. The number of alkyl halides is 1. The van der Waals surface area contributed by atoms with Gasteiger partial charge in [0.1, 0.15) is 5.75 Å². The molecule has 4 aromatic rings. The van der Waals surface area contributed by atoms with Crippen LogP contribution in [0.4, 0.5) is 0 Å². The molecule has 0 bridgehead atoms. The zero-order chi connectivity index (χ0) is 29.6. The number of rotatable bonds is 7. The molecule has 0 aliphatic heterocycles. The third-order valence-electron chi connectivity index (χ3n) is 3.79. The van der Waals surface area contributed by atoms with Crippen LogP contribution in [0.5, 0.6) is 0 Å². The van der Waals surface area contributed by atoms with Crippen molar-refractivity contribution >= 4 is 98.1 Å². The van der Waals surface area contributed by atoms with E-state index in [4.69, 9.17) is 22.3 Å². The minimum atomic E-state index is -3.45. The van der Waals surface area contributed by atoms with Crippen molar-refractivity contribution in [2.24, 2.45) is 0 Å². The molecular weight excluding hydrogens is 764 g/mol. The van der Waals surface area contributed by atoms with Gasteiger partial charge in [-0.1, -0.05) is 21.4 Å². The van der Waals surface area contributed by atoms with Gasteiger partial charge in [0.2, 0.25) is 9.05 Å². The van der Waals surface area contributed by atoms with Crippen LogP contribution in [-0.2, 0) is 70.4 Å². The van der Waals surface area contributed by atoms with E-state index in [1.807, 2.05) is 20.8 Å². The Labute approximate surface area is 325 Å². The van der Waals surface area contributed by atoms with E-state index in [9.17, 15) is 25.3 Å². The first-order valence-corrected chi connectivity index (χ1v) is 19.6. The molecule has 0 aromatic carbocycles. The Kier molecular flexibility index (Phi) is 31.8. The van der Waals surface area contributed by atoms with Crippen molar-refractivity contribution in [1.29, 1.82) is 0 Å². The van der Waals surface area contributed by atoms with Crippen molar-refractivity contribution in [2.45, 2.75) is 50.8 Å². The summed E-state index contributed by atoms with van der Waals surface area (Å²) in [7, 11) is -2.45. The molecule has 0 aliphatic carbocycles. The number of aromatic nitrogens is 3. The van der Waals surface area contributed by atoms with Gasteiger partial charge in [-0.05, 0) is 56.2 Å². The molecular formula is C21H27Cl2N3Na2O8S7-2. The molecule has 234 valence electrons. The Morgan fingerprint density at radius 2 is 1.07 bits per heavy atom. The van der Waals surface area contributed by atoms with Crippen LogP contribution in [-0.4, -0.2) is 34.3 Å². The van der Waals surface area contributed by atoms with Crippen LogP contribution in [0.2, 0.25) is 0 Å². The summed E-state index contributed by atoms with van der Waals surface area (Å²) in [5.74, 6) is 0.526. The summed E-state index contributed by atoms with van der Waals surface area (Å²) in [6, 6.07) is 2.11. The van der Waals surface area contributed by atoms with Crippen molar-refractivity contribution in [2.75, 3.05) is 0 Å². The van der Waals surface area contributed by atoms with Crippen LogP contribution in [0, 0.1) is 27.7 Å². The number of nitrogens with zero attached hydrogens (tertiary/aromatic N) is 3. The number of aryl methyl sites for hydroxylation is 4. The van der Waals surface area contributed by atoms with Gasteiger partial charge in [-0.3, -0.25) is 0 Å². The third-order valence-corrected chi connectivity index (χ3v) is 9.51. The summed E-state index contributed by atoms with van der Waals surface area (Å²) in [6.45, 7) is 7.60. The van der Waals surface area contributed by atoms with E-state index in [2.05, 4.69) is 33.3 Å². The molecule has 4 rings (SSSR count). The summed E-state index contributed by atoms with van der Waals surface area (Å²) < 4.78 is 61.7. The molecule has 0 saturated carbocycles. The molecule has 4 aromatic heterocycles. The second kappa shape index (κ2) is 26.9. The SMILES string of the molecule is Cc1cc(CCl)cs1.Cc1nc(CS(=O)(=O)Cl)cs1.Cc1nc(C[S-](=O)=O)cs1.Cc1nc(C[S-](=O)=O)cs1.[Na+].[Na+].[OH-].[OH-]. The normalized spacial score (nSPS) is 9.77. The van der Waals surface area contributed by atoms with Gasteiger partial charge in [0, 0.05) is 49.0 Å². The topological polar surface area (TPSA) is 201 Å². The maximum absolute atomic E-state index is 10.5. The monoisotopic (exact) mass is 789 g/mol. The van der Waals surface area contributed by atoms with Gasteiger partial charge in [0.25, 0.3) is 0 Å². The number of halogens is 2. The van der Waals surface area contributed by atoms with Crippen LogP contribution >= 0.6 is 67.6 Å². The Morgan fingerprint density at radius 3 is 1.28 bits per heavy atom. The summed E-state index contributed by atoms with van der Waals surface area (Å²) in [6.07, 6.45) is 0. The molecule has 0 saturated heterocycles. The van der Waals surface area contributed by atoms with Crippen LogP contribution in [0.15, 0.2) is 27.6 Å². The Morgan fingerprint density at radius 1 is 0.698 bits per heavy atom. The zero-order valence-corrected chi connectivity index (χ0v) is 35.2. The molecule has 11 nitrogen and oxygen atoms in total. The predicted molar refractivity (Wildman–Crippen MR) is 166 cm³/mol. The van der Waals surface area contributed by atoms with Gasteiger partial charge in [0.05, 0.1) is 20.7 Å². The minimum Gasteiger partial charge on any atom is -0.870 e. The fourth-order valence-corrected chi connectivity index (χ4v) is 7.13. The van der Waals surface area contributed by atoms with Gasteiger partial charge in [-0.25, -0.2) is 23.4 Å². The largest absolute Gasteiger partial charge is 1.00 e. The van der Waals surface area contributed by atoms with E-state index in [1.54, 1.807) is 27.5 Å². The van der Waals surface area contributed by atoms with E-state index in [1.165, 1.54) is 44.5 Å². The Bertz CT molecular complexity index is 1490. The van der Waals surface area contributed by atoms with Gasteiger partial charge >= 0.3 is 59.1 Å². The predicted octanol–water partition coefficient (Wildman–Crippen LogP) is 0.491. The van der Waals surface area contributed by atoms with Crippen molar-refractivity contribution < 1.29 is 95.3 Å². The fraction of sp³-hybridized carbons (Fsp3) is 0.381. The van der Waals surface area contributed by atoms with Crippen LogP contribution in [0.1, 0.15) is 42.5 Å². The molecule has 0 radical (unpaired) electrons. The molecule has 0 amide bonds. The van der Waals surface area contributed by atoms with Crippen molar-refractivity contribution in [3.05, 3.63) is 70.1 Å². The van der Waals surface area contributed by atoms with E-state index >= 15 is 0 Å². The summed E-state index contributed by atoms with van der Waals surface area (Å²) in [5, 5.41) is 9.94. The first-order valence-electron chi connectivity index (χ1n) is 10.5. The van der Waals surface area contributed by atoms with E-state index in [-0.39, 0.29) is 87.3 Å². The third kappa shape index (κ3) is 26.7. The van der Waals surface area contributed by atoms with Gasteiger partial charge in [-0.2, -0.15) is 0 Å². The maximum atomic E-state index is 10.5. The first kappa shape index (κ1) is 50.8. The Balaban J connectivity index is -0.000000230. The zero-order valence-electron chi connectivity index (χ0n) is 24.0. The molecule has 0 fully saturated rings. The summed E-state index contributed by atoms with van der Waals surface area (Å²) >= 11 is 11.6. The average Bonchev–Trinajstić information content (AvgIpc) is 3.59. The molecule has 0 unspecified atom stereocenters. The van der Waals surface area contributed by atoms with E-state index < -0.39 is 30.5 Å². The van der Waals surface area contributed by atoms with Crippen LogP contribution in [0.3, 0.4) is 0 Å². The molecule has 43 heavy (non-hydrogen) atoms. The molecule has 4 heterocycles. The minimum absolute atomic E-state index is 0. The molecule has 22 heteroatoms. The standard InChI is InChI=1S/C6H7ClS.C5H6ClNO2S2.2C5H6NO2S2.2Na.2H2O/c1-5-2-6(3-7)4-8-5;1-4-7-5(2-10-4)3-11(6,8)9;2*1-4-6-5(2-9-4)3-10(7)8;;;;/h2,4H,3H2,1H3;2H,3H2,1H3;2*2H,3H2,1H3;;;2*1H2/q;;2*-1;2*+1;;/p-2. The number of hydrogen-bond donors (Lipinski definition) is 0. The Hall–Kier alpha value is 0.940. The number of thiophene rings is 1. The maximum Gasteiger partial charge on any atom is 1.00 e.